The highest BCUT2D eigenvalue weighted by Gasteiger charge is 2.36. The van der Waals surface area contributed by atoms with Gasteiger partial charge in [0.25, 0.3) is 0 Å². The topological polar surface area (TPSA) is 115 Å². The molecule has 1 saturated heterocycles. The molecule has 2 aromatic rings. The quantitative estimate of drug-likeness (QED) is 0.456. The number of carbonyl (C=O) groups excluding carboxylic acids is 4. The van der Waals surface area contributed by atoms with Crippen LogP contribution >= 0.6 is 0 Å². The number of carbonyl (C=O) groups is 4. The van der Waals surface area contributed by atoms with E-state index < -0.39 is 23.8 Å². The summed E-state index contributed by atoms with van der Waals surface area (Å²) in [5, 5.41) is 0. The van der Waals surface area contributed by atoms with Crippen LogP contribution < -0.4 is 0 Å². The van der Waals surface area contributed by atoms with Gasteiger partial charge in [-0.1, -0.05) is 30.3 Å². The van der Waals surface area contributed by atoms with E-state index in [1.807, 2.05) is 30.3 Å². The first kappa shape index (κ1) is 24.0. The Morgan fingerprint density at radius 2 is 1.70 bits per heavy atom. The fourth-order valence-electron chi connectivity index (χ4n) is 3.80. The van der Waals surface area contributed by atoms with Crippen LogP contribution in [0, 0.1) is 12.8 Å². The molecular weight excluding hydrogens is 428 g/mol. The van der Waals surface area contributed by atoms with E-state index in [2.05, 4.69) is 4.98 Å². The fourth-order valence-corrected chi connectivity index (χ4v) is 3.80. The van der Waals surface area contributed by atoms with Crippen LogP contribution in [0.15, 0.2) is 30.3 Å². The number of aromatic amines is 1. The van der Waals surface area contributed by atoms with E-state index >= 15 is 0 Å². The third kappa shape index (κ3) is 5.60. The highest BCUT2D eigenvalue weighted by molar-refractivity contribution is 5.98. The van der Waals surface area contributed by atoms with E-state index in [1.165, 1.54) is 0 Å². The number of benzene rings is 1. The normalized spacial score (nSPS) is 15.4. The number of nitrogens with one attached hydrogen (secondary N) is 1. The van der Waals surface area contributed by atoms with Gasteiger partial charge in [0.15, 0.2) is 0 Å². The first-order valence-corrected chi connectivity index (χ1v) is 10.9. The van der Waals surface area contributed by atoms with Gasteiger partial charge >= 0.3 is 17.9 Å². The van der Waals surface area contributed by atoms with Crippen LogP contribution in [-0.2, 0) is 37.0 Å². The molecule has 1 N–H and O–H groups in total. The number of amides is 1. The van der Waals surface area contributed by atoms with E-state index in [9.17, 15) is 19.2 Å². The minimum Gasteiger partial charge on any atom is -0.462 e. The van der Waals surface area contributed by atoms with Crippen molar-refractivity contribution in [2.24, 2.45) is 5.92 Å². The zero-order valence-electron chi connectivity index (χ0n) is 19.0. The lowest BCUT2D eigenvalue weighted by molar-refractivity contribution is -0.149. The summed E-state index contributed by atoms with van der Waals surface area (Å²) in [5.41, 5.74) is 1.83. The number of hydrogen-bond acceptors (Lipinski definition) is 7. The van der Waals surface area contributed by atoms with Gasteiger partial charge in [0.1, 0.15) is 12.3 Å². The lowest BCUT2D eigenvalue weighted by Gasteiger charge is -2.16. The largest absolute Gasteiger partial charge is 0.462 e. The highest BCUT2D eigenvalue weighted by atomic mass is 16.5. The van der Waals surface area contributed by atoms with Gasteiger partial charge in [-0.15, -0.1) is 0 Å². The van der Waals surface area contributed by atoms with Gasteiger partial charge in [-0.05, 0) is 31.9 Å². The third-order valence-corrected chi connectivity index (χ3v) is 5.41. The lowest BCUT2D eigenvalue weighted by atomic mass is 10.1. The van der Waals surface area contributed by atoms with Crippen molar-refractivity contribution in [2.45, 2.75) is 40.3 Å². The van der Waals surface area contributed by atoms with Crippen molar-refractivity contribution >= 4 is 23.8 Å². The smallest absolute Gasteiger partial charge is 0.355 e. The molecule has 0 unspecified atom stereocenters. The molecule has 1 amide bonds. The second kappa shape index (κ2) is 10.8. The summed E-state index contributed by atoms with van der Waals surface area (Å²) in [7, 11) is 0. The Kier molecular flexibility index (Phi) is 7.87. The van der Waals surface area contributed by atoms with E-state index in [0.29, 0.717) is 12.1 Å². The van der Waals surface area contributed by atoms with Gasteiger partial charge in [-0.3, -0.25) is 9.59 Å². The van der Waals surface area contributed by atoms with Crippen molar-refractivity contribution in [1.29, 1.82) is 0 Å². The van der Waals surface area contributed by atoms with E-state index in [-0.39, 0.29) is 55.6 Å². The summed E-state index contributed by atoms with van der Waals surface area (Å²) in [6, 6.07) is 9.53. The maximum Gasteiger partial charge on any atom is 0.355 e. The SMILES string of the molecule is CCOC(=O)c1[nH]c(COC(=O)[C@H]2CC(=O)N(Cc3ccccc3)C2)c(C(=O)OCC)c1C. The van der Waals surface area contributed by atoms with Crippen molar-refractivity contribution in [1.82, 2.24) is 9.88 Å². The molecule has 1 aromatic carbocycles. The molecule has 1 aliphatic rings. The zero-order valence-corrected chi connectivity index (χ0v) is 19.0. The molecular formula is C24H28N2O7. The summed E-state index contributed by atoms with van der Waals surface area (Å²) in [6.45, 7) is 5.68. The second-order valence-electron chi connectivity index (χ2n) is 7.69. The molecule has 9 nitrogen and oxygen atoms in total. The molecule has 0 bridgehead atoms. The Balaban J connectivity index is 1.69. The Morgan fingerprint density at radius 3 is 2.36 bits per heavy atom. The van der Waals surface area contributed by atoms with E-state index in [4.69, 9.17) is 14.2 Å². The molecule has 1 fully saturated rings. The summed E-state index contributed by atoms with van der Waals surface area (Å²) in [6.07, 6.45) is 0.0637. The molecule has 3 rings (SSSR count). The molecule has 1 aromatic heterocycles. The Morgan fingerprint density at radius 1 is 1.03 bits per heavy atom. The van der Waals surface area contributed by atoms with Crippen LogP contribution in [0.2, 0.25) is 0 Å². The Labute approximate surface area is 192 Å². The highest BCUT2D eigenvalue weighted by Crippen LogP contribution is 2.24. The zero-order chi connectivity index (χ0) is 24.0. The number of likely N-dealkylation sites (tertiary alicyclic amines) is 1. The van der Waals surface area contributed by atoms with Crippen molar-refractivity contribution in [3.8, 4) is 0 Å². The second-order valence-corrected chi connectivity index (χ2v) is 7.69. The number of hydrogen-bond donors (Lipinski definition) is 1. The van der Waals surface area contributed by atoms with Crippen molar-refractivity contribution in [3.63, 3.8) is 0 Å². The lowest BCUT2D eigenvalue weighted by Crippen LogP contribution is -2.26. The van der Waals surface area contributed by atoms with Crippen LogP contribution in [0.1, 0.15) is 57.9 Å². The molecule has 33 heavy (non-hydrogen) atoms. The van der Waals surface area contributed by atoms with E-state index in [0.717, 1.165) is 5.56 Å². The van der Waals surface area contributed by atoms with Gasteiger partial charge in [-0.2, -0.15) is 0 Å². The minimum absolute atomic E-state index is 0.0637. The van der Waals surface area contributed by atoms with E-state index in [1.54, 1.807) is 25.7 Å². The maximum absolute atomic E-state index is 12.7. The third-order valence-electron chi connectivity index (χ3n) is 5.41. The molecule has 0 spiro atoms. The van der Waals surface area contributed by atoms with Gasteiger partial charge in [0.05, 0.1) is 30.4 Å². The molecule has 1 atom stereocenters. The maximum atomic E-state index is 12.7. The summed E-state index contributed by atoms with van der Waals surface area (Å²) < 4.78 is 15.5. The number of ether oxygens (including phenoxy) is 3. The molecule has 0 radical (unpaired) electrons. The first-order chi connectivity index (χ1) is 15.8. The first-order valence-electron chi connectivity index (χ1n) is 10.9. The van der Waals surface area contributed by atoms with Crippen molar-refractivity contribution in [3.05, 3.63) is 58.4 Å². The molecule has 0 saturated carbocycles. The van der Waals surface area contributed by atoms with Crippen LogP contribution in [-0.4, -0.2) is 53.5 Å². The van der Waals surface area contributed by atoms with Crippen molar-refractivity contribution < 1.29 is 33.4 Å². The summed E-state index contributed by atoms with van der Waals surface area (Å²) >= 11 is 0. The number of esters is 3. The average molecular weight is 456 g/mol. The predicted octanol–water partition coefficient (Wildman–Crippen LogP) is 2.77. The van der Waals surface area contributed by atoms with Gasteiger partial charge in [0, 0.05) is 19.5 Å². The van der Waals surface area contributed by atoms with Gasteiger partial charge < -0.3 is 24.1 Å². The Hall–Kier alpha value is -3.62. The fraction of sp³-hybridized carbons (Fsp3) is 0.417. The van der Waals surface area contributed by atoms with Crippen LogP contribution in [0.5, 0.6) is 0 Å². The number of rotatable bonds is 9. The number of aromatic nitrogens is 1. The van der Waals surface area contributed by atoms with Crippen LogP contribution in [0.4, 0.5) is 0 Å². The molecule has 1 aliphatic heterocycles. The minimum atomic E-state index is -0.627. The Bertz CT molecular complexity index is 1030. The predicted molar refractivity (Wildman–Crippen MR) is 117 cm³/mol. The average Bonchev–Trinajstić information content (AvgIpc) is 3.32. The van der Waals surface area contributed by atoms with Crippen LogP contribution in [0.3, 0.4) is 0 Å². The number of nitrogens with zero attached hydrogens (tertiary/aromatic N) is 1. The van der Waals surface area contributed by atoms with Crippen LogP contribution in [0.25, 0.3) is 0 Å². The molecule has 0 aliphatic carbocycles. The standard InChI is InChI=1S/C24H28N2O7/c1-4-31-23(29)20-15(3)21(24(30)32-5-2)25-18(20)14-33-22(28)17-11-19(27)26(13-17)12-16-9-7-6-8-10-16/h6-10,17,25H,4-5,11-14H2,1-3H3/t17-/m0/s1. The summed E-state index contributed by atoms with van der Waals surface area (Å²) in [5.74, 6) is -2.51. The molecule has 9 heteroatoms. The molecule has 176 valence electrons. The monoisotopic (exact) mass is 456 g/mol. The van der Waals surface area contributed by atoms with Crippen molar-refractivity contribution in [2.75, 3.05) is 19.8 Å². The van der Waals surface area contributed by atoms with Gasteiger partial charge in [0.2, 0.25) is 5.91 Å². The number of H-pyrrole nitrogens is 1. The molecule has 2 heterocycles. The summed E-state index contributed by atoms with van der Waals surface area (Å²) in [4.78, 5) is 54.2. The van der Waals surface area contributed by atoms with Gasteiger partial charge in [-0.25, -0.2) is 9.59 Å².